The van der Waals surface area contributed by atoms with Gasteiger partial charge in [-0.15, -0.1) is 0 Å². The molecule has 0 bridgehead atoms. The van der Waals surface area contributed by atoms with Gasteiger partial charge in [-0.1, -0.05) is 29.8 Å². The van der Waals surface area contributed by atoms with E-state index in [-0.39, 0.29) is 17.5 Å². The maximum atomic E-state index is 13.2. The van der Waals surface area contributed by atoms with Gasteiger partial charge in [0.05, 0.1) is 5.02 Å². The third kappa shape index (κ3) is 3.97. The molecule has 0 N–H and O–H groups in total. The van der Waals surface area contributed by atoms with Gasteiger partial charge in [-0.2, -0.15) is 0 Å². The van der Waals surface area contributed by atoms with Crippen LogP contribution in [0.2, 0.25) is 5.02 Å². The average molecular weight is 349 g/mol. The number of para-hydroxylation sites is 1. The Hall–Kier alpha value is -2.27. The number of hydrogen-bond acceptors (Lipinski definition) is 3. The van der Waals surface area contributed by atoms with Crippen LogP contribution >= 0.6 is 11.6 Å². The standard InChI is InChI=1S/C18H18ClFN2O2/c19-16-12-14(6-7-17(16)20)21-8-10-22(11-9-21)18(23)13-24-15-4-2-1-3-5-15/h1-7,12H,8-11,13H2. The number of rotatable bonds is 4. The Kier molecular flexibility index (Phi) is 5.20. The van der Waals surface area contributed by atoms with E-state index in [0.29, 0.717) is 31.9 Å². The second kappa shape index (κ2) is 7.53. The second-order valence-electron chi connectivity index (χ2n) is 5.57. The second-order valence-corrected chi connectivity index (χ2v) is 5.98. The zero-order valence-corrected chi connectivity index (χ0v) is 13.9. The van der Waals surface area contributed by atoms with Crippen molar-refractivity contribution >= 4 is 23.2 Å². The average Bonchev–Trinajstić information content (AvgIpc) is 2.63. The fourth-order valence-corrected chi connectivity index (χ4v) is 2.82. The fraction of sp³-hybridized carbons (Fsp3) is 0.278. The Labute approximate surface area is 145 Å². The molecule has 0 atom stereocenters. The highest BCUT2D eigenvalue weighted by Gasteiger charge is 2.22. The minimum Gasteiger partial charge on any atom is -0.484 e. The third-order valence-corrected chi connectivity index (χ3v) is 4.30. The van der Waals surface area contributed by atoms with Gasteiger partial charge in [0.25, 0.3) is 5.91 Å². The maximum Gasteiger partial charge on any atom is 0.260 e. The van der Waals surface area contributed by atoms with Crippen molar-refractivity contribution < 1.29 is 13.9 Å². The Balaban J connectivity index is 1.51. The zero-order chi connectivity index (χ0) is 16.9. The largest absolute Gasteiger partial charge is 0.484 e. The number of nitrogens with zero attached hydrogens (tertiary/aromatic N) is 2. The lowest BCUT2D eigenvalue weighted by Gasteiger charge is -2.36. The first-order chi connectivity index (χ1) is 11.6. The van der Waals surface area contributed by atoms with Gasteiger partial charge in [0.15, 0.2) is 6.61 Å². The van der Waals surface area contributed by atoms with E-state index in [4.69, 9.17) is 16.3 Å². The molecule has 1 aliphatic heterocycles. The van der Waals surface area contributed by atoms with Gasteiger partial charge in [-0.3, -0.25) is 4.79 Å². The molecule has 126 valence electrons. The molecular weight excluding hydrogens is 331 g/mol. The van der Waals surface area contributed by atoms with Crippen LogP contribution in [0.3, 0.4) is 0 Å². The number of anilines is 1. The molecule has 0 aliphatic carbocycles. The molecule has 0 spiro atoms. The van der Waals surface area contributed by atoms with Crippen LogP contribution in [-0.2, 0) is 4.79 Å². The Bertz CT molecular complexity index is 703. The molecule has 1 amide bonds. The van der Waals surface area contributed by atoms with E-state index in [9.17, 15) is 9.18 Å². The third-order valence-electron chi connectivity index (χ3n) is 4.01. The molecule has 4 nitrogen and oxygen atoms in total. The van der Waals surface area contributed by atoms with Crippen molar-refractivity contribution in [3.8, 4) is 5.75 Å². The van der Waals surface area contributed by atoms with Gasteiger partial charge in [0.2, 0.25) is 0 Å². The number of benzene rings is 2. The molecular formula is C18H18ClFN2O2. The Morgan fingerprint density at radius 1 is 1.08 bits per heavy atom. The van der Waals surface area contributed by atoms with Crippen molar-refractivity contribution in [1.29, 1.82) is 0 Å². The molecule has 24 heavy (non-hydrogen) atoms. The van der Waals surface area contributed by atoms with Gasteiger partial charge < -0.3 is 14.5 Å². The molecule has 3 rings (SSSR count). The van der Waals surface area contributed by atoms with Crippen LogP contribution in [0.25, 0.3) is 0 Å². The summed E-state index contributed by atoms with van der Waals surface area (Å²) < 4.78 is 18.7. The minimum absolute atomic E-state index is 0.0318. The van der Waals surface area contributed by atoms with Crippen LogP contribution in [0, 0.1) is 5.82 Å². The summed E-state index contributed by atoms with van der Waals surface area (Å²) in [4.78, 5) is 16.1. The summed E-state index contributed by atoms with van der Waals surface area (Å²) in [6.45, 7) is 2.60. The van der Waals surface area contributed by atoms with Gasteiger partial charge >= 0.3 is 0 Å². The van der Waals surface area contributed by atoms with E-state index in [1.807, 2.05) is 30.3 Å². The van der Waals surface area contributed by atoms with E-state index in [1.54, 1.807) is 17.0 Å². The Morgan fingerprint density at radius 3 is 2.46 bits per heavy atom. The Morgan fingerprint density at radius 2 is 1.79 bits per heavy atom. The highest BCUT2D eigenvalue weighted by atomic mass is 35.5. The van der Waals surface area contributed by atoms with Crippen molar-refractivity contribution in [1.82, 2.24) is 4.90 Å². The van der Waals surface area contributed by atoms with Gasteiger partial charge in [0, 0.05) is 31.9 Å². The highest BCUT2D eigenvalue weighted by Crippen LogP contribution is 2.23. The molecule has 0 aromatic heterocycles. The van der Waals surface area contributed by atoms with Gasteiger partial charge in [0.1, 0.15) is 11.6 Å². The topological polar surface area (TPSA) is 32.8 Å². The molecule has 0 unspecified atom stereocenters. The smallest absolute Gasteiger partial charge is 0.260 e. The van der Waals surface area contributed by atoms with Crippen LogP contribution in [0.1, 0.15) is 0 Å². The van der Waals surface area contributed by atoms with E-state index in [0.717, 1.165) is 5.69 Å². The summed E-state index contributed by atoms with van der Waals surface area (Å²) in [5.74, 6) is 0.230. The first kappa shape index (κ1) is 16.6. The summed E-state index contributed by atoms with van der Waals surface area (Å²) in [6, 6.07) is 14.0. The summed E-state index contributed by atoms with van der Waals surface area (Å²) in [5.41, 5.74) is 0.869. The molecule has 2 aromatic rings. The lowest BCUT2D eigenvalue weighted by Crippen LogP contribution is -2.50. The molecule has 1 heterocycles. The predicted molar refractivity (Wildman–Crippen MR) is 92.1 cm³/mol. The molecule has 1 aliphatic rings. The van der Waals surface area contributed by atoms with Crippen molar-refractivity contribution in [3.05, 3.63) is 59.4 Å². The predicted octanol–water partition coefficient (Wildman–Crippen LogP) is 3.21. The van der Waals surface area contributed by atoms with Crippen LogP contribution in [-0.4, -0.2) is 43.6 Å². The lowest BCUT2D eigenvalue weighted by atomic mass is 10.2. The van der Waals surface area contributed by atoms with E-state index in [1.165, 1.54) is 6.07 Å². The number of halogens is 2. The number of piperazine rings is 1. The van der Waals surface area contributed by atoms with Crippen molar-refractivity contribution in [2.24, 2.45) is 0 Å². The van der Waals surface area contributed by atoms with Crippen LogP contribution < -0.4 is 9.64 Å². The van der Waals surface area contributed by atoms with E-state index >= 15 is 0 Å². The van der Waals surface area contributed by atoms with Crippen LogP contribution in [0.5, 0.6) is 5.75 Å². The SMILES string of the molecule is O=C(COc1ccccc1)N1CCN(c2ccc(F)c(Cl)c2)CC1. The number of carbonyl (C=O) groups excluding carboxylic acids is 1. The van der Waals surface area contributed by atoms with Crippen molar-refractivity contribution in [3.63, 3.8) is 0 Å². The zero-order valence-electron chi connectivity index (χ0n) is 13.1. The molecule has 6 heteroatoms. The monoisotopic (exact) mass is 348 g/mol. The highest BCUT2D eigenvalue weighted by molar-refractivity contribution is 6.31. The molecule has 1 saturated heterocycles. The molecule has 2 aromatic carbocycles. The van der Waals surface area contributed by atoms with Crippen molar-refractivity contribution in [2.45, 2.75) is 0 Å². The first-order valence-corrected chi connectivity index (χ1v) is 8.17. The quantitative estimate of drug-likeness (QED) is 0.850. The number of carbonyl (C=O) groups is 1. The van der Waals surface area contributed by atoms with E-state index in [2.05, 4.69) is 4.90 Å². The normalized spacial score (nSPS) is 14.6. The molecule has 0 saturated carbocycles. The van der Waals surface area contributed by atoms with E-state index < -0.39 is 5.82 Å². The summed E-state index contributed by atoms with van der Waals surface area (Å²) >= 11 is 5.83. The summed E-state index contributed by atoms with van der Waals surface area (Å²) in [7, 11) is 0. The lowest BCUT2D eigenvalue weighted by molar-refractivity contribution is -0.133. The molecule has 0 radical (unpaired) electrons. The van der Waals surface area contributed by atoms with Crippen molar-refractivity contribution in [2.75, 3.05) is 37.7 Å². The minimum atomic E-state index is -0.424. The number of ether oxygens (including phenoxy) is 1. The fourth-order valence-electron chi connectivity index (χ4n) is 2.65. The van der Waals surface area contributed by atoms with Crippen LogP contribution in [0.15, 0.2) is 48.5 Å². The van der Waals surface area contributed by atoms with Gasteiger partial charge in [-0.05, 0) is 30.3 Å². The first-order valence-electron chi connectivity index (χ1n) is 7.79. The van der Waals surface area contributed by atoms with Gasteiger partial charge in [-0.25, -0.2) is 4.39 Å². The number of hydrogen-bond donors (Lipinski definition) is 0. The molecule has 1 fully saturated rings. The summed E-state index contributed by atoms with van der Waals surface area (Å²) in [5, 5.41) is 0.113. The number of amides is 1. The van der Waals surface area contributed by atoms with Crippen LogP contribution in [0.4, 0.5) is 10.1 Å². The maximum absolute atomic E-state index is 13.2. The summed E-state index contributed by atoms with van der Waals surface area (Å²) in [6.07, 6.45) is 0.